The second kappa shape index (κ2) is 8.37. The highest BCUT2D eigenvalue weighted by molar-refractivity contribution is 6.35. The molecule has 0 aliphatic heterocycles. The Morgan fingerprint density at radius 2 is 2.00 bits per heavy atom. The van der Waals surface area contributed by atoms with Gasteiger partial charge in [0.25, 0.3) is 5.89 Å². The Bertz CT molecular complexity index is 998. The Kier molecular flexibility index (Phi) is 5.94. The first-order valence-corrected chi connectivity index (χ1v) is 8.92. The average Bonchev–Trinajstić information content (AvgIpc) is 3.11. The maximum atomic E-state index is 12.0. The fourth-order valence-corrected chi connectivity index (χ4v) is 2.82. The van der Waals surface area contributed by atoms with E-state index in [9.17, 15) is 4.79 Å². The number of rotatable bonds is 5. The molecule has 2 aromatic carbocycles. The van der Waals surface area contributed by atoms with E-state index in [1.165, 1.54) is 6.08 Å². The van der Waals surface area contributed by atoms with E-state index in [0.717, 1.165) is 11.1 Å². The first-order chi connectivity index (χ1) is 12.9. The number of benzene rings is 2. The molecule has 1 aromatic heterocycles. The van der Waals surface area contributed by atoms with Crippen LogP contribution in [0.5, 0.6) is 0 Å². The Balaban J connectivity index is 1.65. The molecule has 3 rings (SSSR count). The van der Waals surface area contributed by atoms with Gasteiger partial charge in [-0.05, 0) is 49.8 Å². The van der Waals surface area contributed by atoms with E-state index in [0.29, 0.717) is 21.5 Å². The van der Waals surface area contributed by atoms with Crippen molar-refractivity contribution in [2.45, 2.75) is 20.0 Å². The molecule has 0 N–H and O–H groups in total. The summed E-state index contributed by atoms with van der Waals surface area (Å²) < 4.78 is 10.9. The largest absolute Gasteiger partial charge is 0.449 e. The normalized spacial score (nSPS) is 12.3. The van der Waals surface area contributed by atoms with E-state index in [2.05, 4.69) is 10.2 Å². The van der Waals surface area contributed by atoms with Crippen molar-refractivity contribution in [3.8, 4) is 11.5 Å². The van der Waals surface area contributed by atoms with Crippen LogP contribution in [0.3, 0.4) is 0 Å². The van der Waals surface area contributed by atoms with Gasteiger partial charge in [-0.1, -0.05) is 47.0 Å². The van der Waals surface area contributed by atoms with Crippen molar-refractivity contribution in [1.29, 1.82) is 0 Å². The number of hydrogen-bond acceptors (Lipinski definition) is 5. The third-order valence-electron chi connectivity index (χ3n) is 3.71. The lowest BCUT2D eigenvalue weighted by Crippen LogP contribution is -2.06. The van der Waals surface area contributed by atoms with E-state index < -0.39 is 12.1 Å². The molecule has 0 fully saturated rings. The second-order valence-corrected chi connectivity index (χ2v) is 6.74. The quantitative estimate of drug-likeness (QED) is 0.406. The summed E-state index contributed by atoms with van der Waals surface area (Å²) in [5.74, 6) is 0.0432. The minimum absolute atomic E-state index is 0.220. The van der Waals surface area contributed by atoms with Crippen LogP contribution >= 0.6 is 23.2 Å². The van der Waals surface area contributed by atoms with Gasteiger partial charge in [-0.15, -0.1) is 10.2 Å². The topological polar surface area (TPSA) is 65.2 Å². The Morgan fingerprint density at radius 3 is 2.74 bits per heavy atom. The van der Waals surface area contributed by atoms with Crippen LogP contribution in [0.2, 0.25) is 10.0 Å². The number of carbonyl (C=O) groups is 1. The smallest absolute Gasteiger partial charge is 0.331 e. The highest BCUT2D eigenvalue weighted by atomic mass is 35.5. The fourth-order valence-electron chi connectivity index (χ4n) is 2.35. The zero-order valence-corrected chi connectivity index (χ0v) is 16.2. The number of halogens is 2. The molecule has 0 saturated carbocycles. The maximum absolute atomic E-state index is 12.0. The summed E-state index contributed by atoms with van der Waals surface area (Å²) in [4.78, 5) is 12.0. The predicted octanol–water partition coefficient (Wildman–Crippen LogP) is 5.67. The van der Waals surface area contributed by atoms with Gasteiger partial charge < -0.3 is 9.15 Å². The summed E-state index contributed by atoms with van der Waals surface area (Å²) in [6.45, 7) is 3.64. The maximum Gasteiger partial charge on any atom is 0.331 e. The lowest BCUT2D eigenvalue weighted by atomic mass is 10.1. The van der Waals surface area contributed by atoms with E-state index in [4.69, 9.17) is 32.4 Å². The number of hydrogen-bond donors (Lipinski definition) is 0. The van der Waals surface area contributed by atoms with Crippen molar-refractivity contribution in [1.82, 2.24) is 10.2 Å². The zero-order chi connectivity index (χ0) is 19.4. The van der Waals surface area contributed by atoms with E-state index in [1.54, 1.807) is 31.2 Å². The number of aryl methyl sites for hydroxylation is 1. The minimum Gasteiger partial charge on any atom is -0.449 e. The number of esters is 1. The summed E-state index contributed by atoms with van der Waals surface area (Å²) in [7, 11) is 0. The van der Waals surface area contributed by atoms with Crippen LogP contribution in [0.1, 0.15) is 30.0 Å². The highest BCUT2D eigenvalue weighted by Crippen LogP contribution is 2.24. The van der Waals surface area contributed by atoms with E-state index in [1.807, 2.05) is 31.2 Å². The summed E-state index contributed by atoms with van der Waals surface area (Å²) in [5, 5.41) is 8.94. The third kappa shape index (κ3) is 4.96. The lowest BCUT2D eigenvalue weighted by molar-refractivity contribution is -0.143. The molecule has 1 unspecified atom stereocenters. The van der Waals surface area contributed by atoms with Crippen LogP contribution in [0.4, 0.5) is 0 Å². The Labute approximate surface area is 166 Å². The average molecular weight is 403 g/mol. The molecule has 0 saturated heterocycles. The van der Waals surface area contributed by atoms with Gasteiger partial charge in [0.1, 0.15) is 0 Å². The molecular weight excluding hydrogens is 387 g/mol. The molecule has 27 heavy (non-hydrogen) atoms. The molecule has 5 nitrogen and oxygen atoms in total. The predicted molar refractivity (Wildman–Crippen MR) is 104 cm³/mol. The van der Waals surface area contributed by atoms with Gasteiger partial charge in [-0.3, -0.25) is 0 Å². The minimum atomic E-state index is -0.686. The molecule has 0 aliphatic carbocycles. The molecule has 0 bridgehead atoms. The Morgan fingerprint density at radius 1 is 1.19 bits per heavy atom. The van der Waals surface area contributed by atoms with Gasteiger partial charge in [0.2, 0.25) is 5.89 Å². The van der Waals surface area contributed by atoms with Crippen LogP contribution < -0.4 is 0 Å². The standard InChI is InChI=1S/C20H16Cl2N2O3/c1-12-4-3-5-15(10-12)20-24-23-19(27-20)13(2)26-18(25)9-7-14-6-8-16(21)11-17(14)22/h3-11,13H,1-2H3/b9-7+. The molecule has 3 aromatic rings. The van der Waals surface area contributed by atoms with Crippen LogP contribution in [0.25, 0.3) is 17.5 Å². The number of nitrogens with zero attached hydrogens (tertiary/aromatic N) is 2. The number of ether oxygens (including phenoxy) is 1. The zero-order valence-electron chi connectivity index (χ0n) is 14.6. The van der Waals surface area contributed by atoms with Gasteiger partial charge in [-0.2, -0.15) is 0 Å². The van der Waals surface area contributed by atoms with Gasteiger partial charge in [0.15, 0.2) is 6.10 Å². The van der Waals surface area contributed by atoms with Crippen molar-refractivity contribution in [3.63, 3.8) is 0 Å². The van der Waals surface area contributed by atoms with Crippen molar-refractivity contribution < 1.29 is 13.9 Å². The van der Waals surface area contributed by atoms with Crippen molar-refractivity contribution in [2.24, 2.45) is 0 Å². The molecule has 0 spiro atoms. The van der Waals surface area contributed by atoms with Crippen LogP contribution in [0, 0.1) is 6.92 Å². The fraction of sp³-hybridized carbons (Fsp3) is 0.150. The first kappa shape index (κ1) is 19.1. The highest BCUT2D eigenvalue weighted by Gasteiger charge is 2.18. The molecule has 1 atom stereocenters. The van der Waals surface area contributed by atoms with Crippen molar-refractivity contribution in [2.75, 3.05) is 0 Å². The molecule has 0 radical (unpaired) electrons. The van der Waals surface area contributed by atoms with Gasteiger partial charge >= 0.3 is 5.97 Å². The third-order valence-corrected chi connectivity index (χ3v) is 4.27. The van der Waals surface area contributed by atoms with Gasteiger partial charge in [-0.25, -0.2) is 4.79 Å². The Hall–Kier alpha value is -2.63. The SMILES string of the molecule is Cc1cccc(-c2nnc(C(C)OC(=O)/C=C/c3ccc(Cl)cc3Cl)o2)c1. The molecular formula is C20H16Cl2N2O3. The summed E-state index contributed by atoms with van der Waals surface area (Å²) in [6.07, 6.45) is 2.15. The number of carbonyl (C=O) groups excluding carboxylic acids is 1. The second-order valence-electron chi connectivity index (χ2n) is 5.89. The van der Waals surface area contributed by atoms with Crippen LogP contribution in [-0.2, 0) is 9.53 Å². The van der Waals surface area contributed by atoms with Crippen molar-refractivity contribution in [3.05, 3.63) is 75.6 Å². The molecule has 7 heteroatoms. The van der Waals surface area contributed by atoms with E-state index >= 15 is 0 Å². The van der Waals surface area contributed by atoms with Crippen LogP contribution in [-0.4, -0.2) is 16.2 Å². The number of aromatic nitrogens is 2. The van der Waals surface area contributed by atoms with Crippen molar-refractivity contribution >= 4 is 35.2 Å². The summed E-state index contributed by atoms with van der Waals surface area (Å²) >= 11 is 11.9. The summed E-state index contributed by atoms with van der Waals surface area (Å²) in [6, 6.07) is 12.7. The van der Waals surface area contributed by atoms with Crippen LogP contribution in [0.15, 0.2) is 53.0 Å². The molecule has 138 valence electrons. The monoisotopic (exact) mass is 402 g/mol. The van der Waals surface area contributed by atoms with Gasteiger partial charge in [0.05, 0.1) is 0 Å². The molecule has 0 aliphatic rings. The van der Waals surface area contributed by atoms with Gasteiger partial charge in [0, 0.05) is 21.7 Å². The molecule has 1 heterocycles. The van der Waals surface area contributed by atoms with E-state index in [-0.39, 0.29) is 5.89 Å². The molecule has 0 amide bonds. The lowest BCUT2D eigenvalue weighted by Gasteiger charge is -2.07. The summed E-state index contributed by atoms with van der Waals surface area (Å²) in [5.41, 5.74) is 2.55. The first-order valence-electron chi connectivity index (χ1n) is 8.16.